The van der Waals surface area contributed by atoms with Crippen LogP contribution in [0.15, 0.2) is 22.7 Å². The first-order chi connectivity index (χ1) is 11.0. The molecule has 0 bridgehead atoms. The van der Waals surface area contributed by atoms with Crippen LogP contribution in [0, 0.1) is 0 Å². The van der Waals surface area contributed by atoms with Crippen LogP contribution >= 0.6 is 15.9 Å². The van der Waals surface area contributed by atoms with Gasteiger partial charge >= 0.3 is 0 Å². The molecule has 0 aliphatic carbocycles. The Morgan fingerprint density at radius 3 is 2.21 bits per heavy atom. The summed E-state index contributed by atoms with van der Waals surface area (Å²) in [6, 6.07) is 5.37. The molecule has 0 aromatic heterocycles. The summed E-state index contributed by atoms with van der Waals surface area (Å²) >= 11 is 3.46. The van der Waals surface area contributed by atoms with E-state index in [0.29, 0.717) is 18.7 Å². The molecule has 0 N–H and O–H groups in total. The van der Waals surface area contributed by atoms with Crippen LogP contribution in [0.1, 0.15) is 18.9 Å². The van der Waals surface area contributed by atoms with Crippen molar-refractivity contribution in [1.29, 1.82) is 0 Å². The number of anilines is 1. The molecule has 24 heavy (non-hydrogen) atoms. The van der Waals surface area contributed by atoms with Crippen LogP contribution in [-0.2, 0) is 35.2 Å². The number of benzene rings is 1. The van der Waals surface area contributed by atoms with E-state index >= 15 is 0 Å². The maximum absolute atomic E-state index is 11.1. The third kappa shape index (κ3) is 8.43. The Labute approximate surface area is 152 Å². The normalized spacial score (nSPS) is 12.3. The highest BCUT2D eigenvalue weighted by atomic mass is 79.9. The molecule has 0 spiro atoms. The van der Waals surface area contributed by atoms with E-state index in [4.69, 9.17) is 8.37 Å². The van der Waals surface area contributed by atoms with E-state index in [-0.39, 0.29) is 13.2 Å². The Hall–Kier alpha value is -0.680. The lowest BCUT2D eigenvalue weighted by atomic mass is 10.2. The highest BCUT2D eigenvalue weighted by Gasteiger charge is 2.13. The van der Waals surface area contributed by atoms with Crippen LogP contribution in [0.5, 0.6) is 0 Å². The fourth-order valence-corrected chi connectivity index (χ4v) is 3.21. The molecule has 0 aliphatic heterocycles. The minimum atomic E-state index is -3.52. The molecule has 0 radical (unpaired) electrons. The summed E-state index contributed by atoms with van der Waals surface area (Å²) in [5, 5.41) is 0. The van der Waals surface area contributed by atoms with E-state index in [1.54, 1.807) is 12.1 Å². The highest BCUT2D eigenvalue weighted by molar-refractivity contribution is 9.10. The largest absolute Gasteiger partial charge is 0.368 e. The second-order valence-corrected chi connectivity index (χ2v) is 9.41. The number of hydrogen-bond donors (Lipinski definition) is 0. The molecule has 0 aliphatic rings. The Morgan fingerprint density at radius 1 is 1.04 bits per heavy atom. The van der Waals surface area contributed by atoms with Crippen LogP contribution in [-0.4, -0.2) is 49.0 Å². The third-order valence-corrected chi connectivity index (χ3v) is 4.75. The fourth-order valence-electron chi connectivity index (χ4n) is 1.99. The molecule has 1 aromatic carbocycles. The van der Waals surface area contributed by atoms with Crippen LogP contribution in [0.4, 0.5) is 5.69 Å². The minimum absolute atomic E-state index is 0.0370. The van der Waals surface area contributed by atoms with E-state index in [0.717, 1.165) is 29.1 Å². The Bertz CT molecular complexity index is 749. The summed E-state index contributed by atoms with van der Waals surface area (Å²) < 4.78 is 54.8. The van der Waals surface area contributed by atoms with Crippen molar-refractivity contribution in [3.63, 3.8) is 0 Å². The average Bonchev–Trinajstić information content (AvgIpc) is 2.43. The van der Waals surface area contributed by atoms with Gasteiger partial charge in [-0.15, -0.1) is 0 Å². The summed E-state index contributed by atoms with van der Waals surface area (Å²) in [7, 11) is -7.00. The van der Waals surface area contributed by atoms with Crippen LogP contribution in [0.25, 0.3) is 0 Å². The first-order valence-corrected chi connectivity index (χ1v) is 11.7. The lowest BCUT2D eigenvalue weighted by Gasteiger charge is -2.25. The predicted molar refractivity (Wildman–Crippen MR) is 97.1 cm³/mol. The molecular formula is C14H22BrNO6S2. The third-order valence-electron chi connectivity index (χ3n) is 2.94. The van der Waals surface area contributed by atoms with Gasteiger partial charge in [0.2, 0.25) is 0 Å². The van der Waals surface area contributed by atoms with Gasteiger partial charge in [0.1, 0.15) is 0 Å². The molecule has 7 nitrogen and oxygen atoms in total. The Balaban J connectivity index is 2.91. The van der Waals surface area contributed by atoms with Crippen molar-refractivity contribution in [2.24, 2.45) is 0 Å². The van der Waals surface area contributed by atoms with Crippen molar-refractivity contribution in [3.05, 3.63) is 28.2 Å². The quantitative estimate of drug-likeness (QED) is 0.511. The summed E-state index contributed by atoms with van der Waals surface area (Å²) in [6.07, 6.45) is 2.87. The first-order valence-electron chi connectivity index (χ1n) is 7.24. The van der Waals surface area contributed by atoms with Gasteiger partial charge in [0.25, 0.3) is 20.2 Å². The first kappa shape index (κ1) is 21.4. The second kappa shape index (κ2) is 9.14. The van der Waals surface area contributed by atoms with Crippen molar-refractivity contribution in [2.45, 2.75) is 20.0 Å². The van der Waals surface area contributed by atoms with Gasteiger partial charge in [-0.1, -0.05) is 13.0 Å². The van der Waals surface area contributed by atoms with Gasteiger partial charge in [-0.25, -0.2) is 0 Å². The van der Waals surface area contributed by atoms with Gasteiger partial charge in [-0.05, 0) is 40.0 Å². The SMILES string of the molecule is CCCN(CCOS(C)(=O)=O)c1cc(COS(C)(=O)=O)ccc1Br. The molecule has 1 aromatic rings. The Kier molecular flexibility index (Phi) is 8.13. The summed E-state index contributed by atoms with van der Waals surface area (Å²) in [5.41, 5.74) is 1.52. The molecular weight excluding hydrogens is 422 g/mol. The maximum Gasteiger partial charge on any atom is 0.264 e. The van der Waals surface area contributed by atoms with Gasteiger partial charge in [-0.3, -0.25) is 8.37 Å². The molecule has 0 amide bonds. The van der Waals surface area contributed by atoms with Crippen LogP contribution < -0.4 is 4.90 Å². The molecule has 10 heteroatoms. The molecule has 0 saturated carbocycles. The average molecular weight is 444 g/mol. The lowest BCUT2D eigenvalue weighted by molar-refractivity contribution is 0.311. The van der Waals surface area contributed by atoms with Gasteiger partial charge in [0.15, 0.2) is 0 Å². The van der Waals surface area contributed by atoms with Crippen molar-refractivity contribution in [1.82, 2.24) is 0 Å². The number of hydrogen-bond acceptors (Lipinski definition) is 7. The van der Waals surface area contributed by atoms with Crippen LogP contribution in [0.2, 0.25) is 0 Å². The second-order valence-electron chi connectivity index (χ2n) is 5.27. The summed E-state index contributed by atoms with van der Waals surface area (Å²) in [5.74, 6) is 0. The van der Waals surface area contributed by atoms with E-state index in [2.05, 4.69) is 15.9 Å². The zero-order valence-electron chi connectivity index (χ0n) is 13.9. The smallest absolute Gasteiger partial charge is 0.264 e. The van der Waals surface area contributed by atoms with Gasteiger partial charge in [0.05, 0.1) is 31.4 Å². The van der Waals surface area contributed by atoms with Crippen molar-refractivity contribution < 1.29 is 25.2 Å². The number of halogens is 1. The standard InChI is InChI=1S/C14H22BrNO6S2/c1-4-7-16(8-9-21-23(2,17)18)14-10-12(5-6-13(14)15)11-22-24(3,19)20/h5-6,10H,4,7-9,11H2,1-3H3. The zero-order valence-corrected chi connectivity index (χ0v) is 17.1. The van der Waals surface area contributed by atoms with Crippen molar-refractivity contribution in [2.75, 3.05) is 37.1 Å². The van der Waals surface area contributed by atoms with Gasteiger partial charge in [-0.2, -0.15) is 16.8 Å². The topological polar surface area (TPSA) is 90.0 Å². The molecule has 1 rings (SSSR count). The van der Waals surface area contributed by atoms with E-state index in [1.807, 2.05) is 17.9 Å². The van der Waals surface area contributed by atoms with E-state index in [1.165, 1.54) is 0 Å². The lowest BCUT2D eigenvalue weighted by Crippen LogP contribution is -2.29. The van der Waals surface area contributed by atoms with Crippen LogP contribution in [0.3, 0.4) is 0 Å². The maximum atomic E-state index is 11.1. The summed E-state index contributed by atoms with van der Waals surface area (Å²) in [4.78, 5) is 1.97. The monoisotopic (exact) mass is 443 g/mol. The molecule has 0 saturated heterocycles. The van der Waals surface area contributed by atoms with E-state index < -0.39 is 20.2 Å². The zero-order chi connectivity index (χ0) is 18.4. The fraction of sp³-hybridized carbons (Fsp3) is 0.571. The van der Waals surface area contributed by atoms with Crippen molar-refractivity contribution >= 4 is 41.9 Å². The highest BCUT2D eigenvalue weighted by Crippen LogP contribution is 2.28. The molecule has 0 atom stereocenters. The predicted octanol–water partition coefficient (Wildman–Crippen LogP) is 2.12. The number of rotatable bonds is 10. The van der Waals surface area contributed by atoms with E-state index in [9.17, 15) is 16.8 Å². The molecule has 0 fully saturated rings. The molecule has 0 heterocycles. The molecule has 138 valence electrons. The minimum Gasteiger partial charge on any atom is -0.368 e. The van der Waals surface area contributed by atoms with Crippen molar-refractivity contribution in [3.8, 4) is 0 Å². The summed E-state index contributed by atoms with van der Waals surface area (Å²) in [6.45, 7) is 3.07. The Morgan fingerprint density at radius 2 is 1.67 bits per heavy atom. The van der Waals surface area contributed by atoms with Gasteiger partial charge < -0.3 is 4.90 Å². The number of nitrogens with zero attached hydrogens (tertiary/aromatic N) is 1. The molecule has 0 unspecified atom stereocenters. The van der Waals surface area contributed by atoms with Gasteiger partial charge in [0, 0.05) is 17.6 Å².